The second-order valence-electron chi connectivity index (χ2n) is 24.9. The molecule has 4 aliphatic rings. The van der Waals surface area contributed by atoms with Gasteiger partial charge >= 0.3 is 0 Å². The molecule has 0 fully saturated rings. The molecule has 104 heavy (non-hydrogen) atoms. The van der Waals surface area contributed by atoms with Crippen LogP contribution in [0.25, 0.3) is 82.1 Å². The number of thiophene rings is 4. The number of hydrogen-bond donors (Lipinski definition) is 4. The highest BCUT2D eigenvalue weighted by Crippen LogP contribution is 2.42. The highest BCUT2D eigenvalue weighted by atomic mass is 32.2. The third-order valence-corrected chi connectivity index (χ3v) is 23.5. The van der Waals surface area contributed by atoms with Gasteiger partial charge in [0.15, 0.2) is 22.8 Å². The van der Waals surface area contributed by atoms with Crippen LogP contribution in [-0.4, -0.2) is 76.8 Å². The van der Waals surface area contributed by atoms with Gasteiger partial charge in [-0.3, -0.25) is 19.2 Å². The van der Waals surface area contributed by atoms with Crippen molar-refractivity contribution in [2.24, 2.45) is 22.9 Å². The van der Waals surface area contributed by atoms with Gasteiger partial charge in [-0.1, -0.05) is 149 Å². The number of nitrogens with two attached hydrogens (primary N) is 4. The van der Waals surface area contributed by atoms with Crippen LogP contribution in [0.5, 0.6) is 0 Å². The number of ether oxygens (including phenoxy) is 2. The standard InChI is InChI=1S/2C20H17N3O2S.2C20H17N3OS2/c4*1-12-4-6-14(7-5-12)17-10-15-16(9-13-3-2-8-25-11-13)22-23-18(20(21)24)19(15)26-17/h2,4-8,10-11H,3,9H2,1H3,(H2,21,24);2-7,10-11H,8-9H2,1H3,(H2,21,24);2,4-8,10-11H,3,9H2,1H3,(H2,21,24);2-7,10-11H,8-9H2,1H3,(H2,21,24). The highest BCUT2D eigenvalue weighted by Gasteiger charge is 2.24. The lowest BCUT2D eigenvalue weighted by molar-refractivity contribution is 0.0988. The number of allylic oxidation sites excluding steroid dienone is 8. The van der Waals surface area contributed by atoms with Crippen LogP contribution in [0, 0.1) is 27.7 Å². The summed E-state index contributed by atoms with van der Waals surface area (Å²) in [6, 6.07) is 41.6. The summed E-state index contributed by atoms with van der Waals surface area (Å²) in [6.07, 6.45) is 21.9. The van der Waals surface area contributed by atoms with Crippen molar-refractivity contribution >= 4 is 133 Å². The van der Waals surface area contributed by atoms with Crippen LogP contribution in [0.15, 0.2) is 215 Å². The summed E-state index contributed by atoms with van der Waals surface area (Å²) in [5.41, 5.74) is 40.3. The number of rotatable bonds is 16. The van der Waals surface area contributed by atoms with Gasteiger partial charge < -0.3 is 32.4 Å². The van der Waals surface area contributed by atoms with Gasteiger partial charge in [-0.15, -0.1) is 89.3 Å². The Bertz CT molecular complexity index is 5230. The van der Waals surface area contributed by atoms with Crippen LogP contribution in [-0.2, 0) is 35.2 Å². The molecule has 0 unspecified atom stereocenters. The van der Waals surface area contributed by atoms with Crippen LogP contribution in [0.1, 0.15) is 99.8 Å². The van der Waals surface area contributed by atoms with Gasteiger partial charge in [0.2, 0.25) is 0 Å². The average molecular weight is 1490 g/mol. The zero-order chi connectivity index (χ0) is 72.4. The number of amides is 4. The first-order valence-electron chi connectivity index (χ1n) is 33.0. The summed E-state index contributed by atoms with van der Waals surface area (Å²) in [6.45, 7) is 8.83. The van der Waals surface area contributed by atoms with E-state index in [-0.39, 0.29) is 22.8 Å². The Labute approximate surface area is 623 Å². The van der Waals surface area contributed by atoms with E-state index in [1.165, 1.54) is 56.1 Å². The number of benzene rings is 4. The van der Waals surface area contributed by atoms with Crippen molar-refractivity contribution < 1.29 is 28.7 Å². The molecule has 24 heteroatoms. The molecule has 4 aromatic carbocycles. The van der Waals surface area contributed by atoms with Gasteiger partial charge in [0, 0.05) is 72.5 Å². The Morgan fingerprint density at radius 3 is 1.10 bits per heavy atom. The van der Waals surface area contributed by atoms with Crippen molar-refractivity contribution in [2.75, 3.05) is 12.4 Å². The predicted molar refractivity (Wildman–Crippen MR) is 424 cm³/mol. The summed E-state index contributed by atoms with van der Waals surface area (Å²) in [5, 5.41) is 43.8. The molecule has 8 N–H and O–H groups in total. The number of nitrogens with zero attached hydrogens (tertiary/aromatic N) is 8. The maximum atomic E-state index is 11.8. The number of carbonyl (C=O) groups excluding carboxylic acids is 4. The van der Waals surface area contributed by atoms with Gasteiger partial charge in [-0.05, 0) is 132 Å². The van der Waals surface area contributed by atoms with E-state index in [0.717, 1.165) is 141 Å². The first kappa shape index (κ1) is 71.5. The molecule has 0 atom stereocenters. The fraction of sp³-hybridized carbons (Fsp3) is 0.150. The number of thioether (sulfide) groups is 2. The van der Waals surface area contributed by atoms with Crippen molar-refractivity contribution in [2.45, 2.75) is 66.2 Å². The van der Waals surface area contributed by atoms with Crippen LogP contribution < -0.4 is 22.9 Å². The topological polar surface area (TPSA) is 294 Å². The minimum atomic E-state index is -0.563. The van der Waals surface area contributed by atoms with E-state index in [2.05, 4.69) is 224 Å². The highest BCUT2D eigenvalue weighted by molar-refractivity contribution is 8.05. The summed E-state index contributed by atoms with van der Waals surface area (Å²) in [4.78, 5) is 51.5. The van der Waals surface area contributed by atoms with Gasteiger partial charge in [0.1, 0.15) is 6.61 Å². The monoisotopic (exact) mass is 1480 g/mol. The predicted octanol–water partition coefficient (Wildman–Crippen LogP) is 17.2. The minimum absolute atomic E-state index is 0.219. The lowest BCUT2D eigenvalue weighted by Gasteiger charge is -2.09. The molecule has 12 heterocycles. The van der Waals surface area contributed by atoms with Crippen molar-refractivity contribution in [3.05, 3.63) is 283 Å². The molecular formula is C80H68N12O6S6. The quantitative estimate of drug-likeness (QED) is 0.0699. The normalized spacial score (nSPS) is 13.7. The molecular weight excluding hydrogens is 1420 g/mol. The van der Waals surface area contributed by atoms with Crippen molar-refractivity contribution in [3.63, 3.8) is 0 Å². The first-order chi connectivity index (χ1) is 50.5. The van der Waals surface area contributed by atoms with Crippen molar-refractivity contribution in [1.29, 1.82) is 0 Å². The minimum Gasteiger partial charge on any atom is -0.497 e. The lowest BCUT2D eigenvalue weighted by atomic mass is 10.0. The third-order valence-electron chi connectivity index (χ3n) is 17.0. The Kier molecular flexibility index (Phi) is 22.4. The van der Waals surface area contributed by atoms with Crippen LogP contribution in [0.3, 0.4) is 0 Å². The first-order valence-corrected chi connectivity index (χ1v) is 38.3. The van der Waals surface area contributed by atoms with Crippen molar-refractivity contribution in [3.8, 4) is 41.8 Å². The lowest BCUT2D eigenvalue weighted by Crippen LogP contribution is -2.15. The van der Waals surface area contributed by atoms with E-state index >= 15 is 0 Å². The van der Waals surface area contributed by atoms with Gasteiger partial charge in [0.25, 0.3) is 23.6 Å². The Morgan fingerprint density at radius 1 is 0.404 bits per heavy atom. The Hall–Kier alpha value is -10.9. The maximum absolute atomic E-state index is 11.8. The van der Waals surface area contributed by atoms with E-state index in [4.69, 9.17) is 32.4 Å². The molecule has 4 aliphatic heterocycles. The van der Waals surface area contributed by atoms with Gasteiger partial charge in [-0.2, -0.15) is 20.4 Å². The molecule has 520 valence electrons. The van der Waals surface area contributed by atoms with Crippen LogP contribution in [0.2, 0.25) is 0 Å². The summed E-state index contributed by atoms with van der Waals surface area (Å²) < 4.78 is 13.8. The summed E-state index contributed by atoms with van der Waals surface area (Å²) in [5.74, 6) is -1.21. The van der Waals surface area contributed by atoms with E-state index < -0.39 is 23.6 Å². The van der Waals surface area contributed by atoms with E-state index in [9.17, 15) is 19.2 Å². The number of hydrogen-bond acceptors (Lipinski definition) is 20. The molecule has 0 spiro atoms. The summed E-state index contributed by atoms with van der Waals surface area (Å²) in [7, 11) is 0. The molecule has 0 radical (unpaired) electrons. The average Bonchev–Trinajstić information content (AvgIpc) is 1.67. The molecule has 0 aliphatic carbocycles. The fourth-order valence-corrected chi connectivity index (χ4v) is 17.6. The number of aryl methyl sites for hydroxylation is 4. The Morgan fingerprint density at radius 2 is 0.769 bits per heavy atom. The molecule has 12 aromatic rings. The third kappa shape index (κ3) is 16.9. The molecule has 4 amide bonds. The summed E-state index contributed by atoms with van der Waals surface area (Å²) >= 11 is 9.57. The number of fused-ring (bicyclic) bond motifs is 4. The molecule has 18 nitrogen and oxygen atoms in total. The van der Waals surface area contributed by atoms with Crippen molar-refractivity contribution in [1.82, 2.24) is 40.8 Å². The van der Waals surface area contributed by atoms with Crippen LogP contribution >= 0.6 is 68.9 Å². The number of carbonyl (C=O) groups is 4. The van der Waals surface area contributed by atoms with E-state index in [0.29, 0.717) is 25.9 Å². The molecule has 16 rings (SSSR count). The molecule has 8 aromatic heterocycles. The van der Waals surface area contributed by atoms with Gasteiger partial charge in [0.05, 0.1) is 60.4 Å². The second kappa shape index (κ2) is 32.6. The largest absolute Gasteiger partial charge is 0.497 e. The molecule has 0 saturated heterocycles. The van der Waals surface area contributed by atoms with Gasteiger partial charge in [-0.25, -0.2) is 0 Å². The maximum Gasteiger partial charge on any atom is 0.270 e. The molecule has 0 bridgehead atoms. The van der Waals surface area contributed by atoms with Crippen LogP contribution in [0.4, 0.5) is 0 Å². The zero-order valence-electron chi connectivity index (χ0n) is 56.9. The SMILES string of the molecule is Cc1ccc(-c2cc3c(CC4=COC=CC4)nnc(C(N)=O)c3s2)cc1.Cc1ccc(-c2cc3c(CC4=COCC=C4)nnc(C(N)=O)c3s2)cc1.Cc1ccc(-c2cc3c(CC4=CSC=CC4)nnc(C(N)=O)c3s2)cc1.Cc1ccc(-c2cc3c(CC4=CSCC=C4)nnc(C(N)=O)c3s2)cc1. The van der Waals surface area contributed by atoms with E-state index in [1.54, 1.807) is 65.0 Å². The number of aromatic nitrogens is 8. The van der Waals surface area contributed by atoms with E-state index in [1.807, 2.05) is 18.2 Å². The smallest absolute Gasteiger partial charge is 0.270 e. The number of primary amides is 4. The fourth-order valence-electron chi connectivity index (χ4n) is 11.6. The molecule has 0 saturated carbocycles. The second-order valence-corrected chi connectivity index (χ2v) is 30.7. The Balaban J connectivity index is 0.000000123. The zero-order valence-corrected chi connectivity index (χ0v) is 61.8.